The van der Waals surface area contributed by atoms with Crippen LogP contribution in [0.15, 0.2) is 29.0 Å². The quantitative estimate of drug-likeness (QED) is 0.932. The van der Waals surface area contributed by atoms with Gasteiger partial charge in [0.05, 0.1) is 6.04 Å². The van der Waals surface area contributed by atoms with Crippen LogP contribution in [0.25, 0.3) is 0 Å². The van der Waals surface area contributed by atoms with Gasteiger partial charge in [-0.3, -0.25) is 4.79 Å². The molecule has 0 spiro atoms. The second-order valence-electron chi connectivity index (χ2n) is 4.15. The van der Waals surface area contributed by atoms with Gasteiger partial charge in [-0.05, 0) is 25.1 Å². The van der Waals surface area contributed by atoms with Gasteiger partial charge in [0.25, 0.3) is 5.91 Å². The molecular formula is C12H12BrClN4O. The van der Waals surface area contributed by atoms with E-state index < -0.39 is 0 Å². The van der Waals surface area contributed by atoms with Crippen molar-refractivity contribution in [3.8, 4) is 0 Å². The maximum atomic E-state index is 12.1. The van der Waals surface area contributed by atoms with E-state index in [1.807, 2.05) is 14.0 Å². The Bertz CT molecular complexity index is 593. The SMILES string of the molecule is CC(NC(=O)c1cc(Cl)cc(Br)c1)c1nncn1C. The number of rotatable bonds is 3. The van der Waals surface area contributed by atoms with Gasteiger partial charge >= 0.3 is 0 Å². The molecule has 0 aliphatic heterocycles. The van der Waals surface area contributed by atoms with Gasteiger partial charge in [-0.1, -0.05) is 27.5 Å². The number of carbonyl (C=O) groups excluding carboxylic acids is 1. The lowest BCUT2D eigenvalue weighted by atomic mass is 10.2. The lowest BCUT2D eigenvalue weighted by Crippen LogP contribution is -2.28. The Morgan fingerprint density at radius 1 is 1.47 bits per heavy atom. The molecule has 1 aromatic carbocycles. The van der Waals surface area contributed by atoms with E-state index in [0.29, 0.717) is 16.4 Å². The average Bonchev–Trinajstić information content (AvgIpc) is 2.74. The van der Waals surface area contributed by atoms with Gasteiger partial charge in [0.15, 0.2) is 5.82 Å². The molecule has 2 aromatic rings. The molecule has 0 aliphatic carbocycles. The number of carbonyl (C=O) groups is 1. The number of benzene rings is 1. The number of nitrogens with zero attached hydrogens (tertiary/aromatic N) is 3. The smallest absolute Gasteiger partial charge is 0.251 e. The molecule has 0 saturated heterocycles. The minimum atomic E-state index is -0.238. The fourth-order valence-electron chi connectivity index (χ4n) is 1.71. The molecule has 7 heteroatoms. The summed E-state index contributed by atoms with van der Waals surface area (Å²) in [6, 6.07) is 4.82. The van der Waals surface area contributed by atoms with Crippen molar-refractivity contribution in [2.75, 3.05) is 0 Å². The monoisotopic (exact) mass is 342 g/mol. The van der Waals surface area contributed by atoms with Crippen LogP contribution in [0.3, 0.4) is 0 Å². The van der Waals surface area contributed by atoms with Crippen molar-refractivity contribution in [1.29, 1.82) is 0 Å². The van der Waals surface area contributed by atoms with Crippen molar-refractivity contribution >= 4 is 33.4 Å². The molecule has 5 nitrogen and oxygen atoms in total. The number of aromatic nitrogens is 3. The molecule has 0 aliphatic rings. The van der Waals surface area contributed by atoms with Crippen molar-refractivity contribution < 1.29 is 4.79 Å². The number of hydrogen-bond donors (Lipinski definition) is 1. The zero-order valence-electron chi connectivity index (χ0n) is 10.4. The molecule has 1 N–H and O–H groups in total. The highest BCUT2D eigenvalue weighted by Crippen LogP contribution is 2.20. The Morgan fingerprint density at radius 2 is 2.21 bits per heavy atom. The summed E-state index contributed by atoms with van der Waals surface area (Å²) < 4.78 is 2.52. The normalized spacial score (nSPS) is 12.2. The molecule has 100 valence electrons. The van der Waals surface area contributed by atoms with Gasteiger partial charge in [-0.15, -0.1) is 10.2 Å². The Labute approximate surface area is 124 Å². The largest absolute Gasteiger partial charge is 0.342 e. The van der Waals surface area contributed by atoms with Gasteiger partial charge in [0.1, 0.15) is 6.33 Å². The first kappa shape index (κ1) is 14.0. The number of aryl methyl sites for hydroxylation is 1. The summed E-state index contributed by atoms with van der Waals surface area (Å²) in [4.78, 5) is 12.1. The minimum absolute atomic E-state index is 0.210. The van der Waals surface area contributed by atoms with Crippen LogP contribution in [-0.4, -0.2) is 20.7 Å². The lowest BCUT2D eigenvalue weighted by molar-refractivity contribution is 0.0937. The number of amides is 1. The molecule has 1 atom stereocenters. The average molecular weight is 344 g/mol. The first-order valence-corrected chi connectivity index (χ1v) is 6.75. The Kier molecular flexibility index (Phi) is 4.21. The van der Waals surface area contributed by atoms with E-state index in [-0.39, 0.29) is 11.9 Å². The molecule has 0 bridgehead atoms. The second-order valence-corrected chi connectivity index (χ2v) is 5.51. The van der Waals surface area contributed by atoms with Crippen molar-refractivity contribution in [1.82, 2.24) is 20.1 Å². The predicted octanol–water partition coefficient (Wildman–Crippen LogP) is 2.72. The number of halogens is 2. The summed E-state index contributed by atoms with van der Waals surface area (Å²) in [5.74, 6) is 0.480. The van der Waals surface area contributed by atoms with E-state index in [1.165, 1.54) is 0 Å². The van der Waals surface area contributed by atoms with Crippen LogP contribution in [0.2, 0.25) is 5.02 Å². The van der Waals surface area contributed by atoms with Gasteiger partial charge in [-0.25, -0.2) is 0 Å². The molecule has 0 saturated carbocycles. The van der Waals surface area contributed by atoms with Crippen LogP contribution in [0, 0.1) is 0 Å². The molecule has 1 heterocycles. The summed E-state index contributed by atoms with van der Waals surface area (Å²) in [7, 11) is 1.83. The summed E-state index contributed by atoms with van der Waals surface area (Å²) in [5, 5.41) is 11.1. The Hall–Kier alpha value is -1.40. The minimum Gasteiger partial charge on any atom is -0.342 e. The second kappa shape index (κ2) is 5.71. The zero-order valence-corrected chi connectivity index (χ0v) is 12.7. The fraction of sp³-hybridized carbons (Fsp3) is 0.250. The van der Waals surface area contributed by atoms with E-state index in [1.54, 1.807) is 29.1 Å². The Balaban J connectivity index is 2.15. The lowest BCUT2D eigenvalue weighted by Gasteiger charge is -2.13. The molecule has 2 rings (SSSR count). The first-order valence-electron chi connectivity index (χ1n) is 5.58. The van der Waals surface area contributed by atoms with E-state index in [2.05, 4.69) is 31.4 Å². The standard InChI is InChI=1S/C12H12BrClN4O/c1-7(11-17-15-6-18(11)2)16-12(19)8-3-9(13)5-10(14)4-8/h3-7H,1-2H3,(H,16,19). The van der Waals surface area contributed by atoms with Crippen LogP contribution < -0.4 is 5.32 Å². The molecule has 0 fully saturated rings. The predicted molar refractivity (Wildman–Crippen MR) is 76.0 cm³/mol. The maximum Gasteiger partial charge on any atom is 0.251 e. The van der Waals surface area contributed by atoms with E-state index >= 15 is 0 Å². The molecule has 1 aromatic heterocycles. The van der Waals surface area contributed by atoms with Crippen molar-refractivity contribution in [2.24, 2.45) is 7.05 Å². The van der Waals surface area contributed by atoms with E-state index in [4.69, 9.17) is 11.6 Å². The third-order valence-corrected chi connectivity index (χ3v) is 3.28. The van der Waals surface area contributed by atoms with Crippen molar-refractivity contribution in [2.45, 2.75) is 13.0 Å². The number of hydrogen-bond acceptors (Lipinski definition) is 3. The van der Waals surface area contributed by atoms with Gasteiger partial charge < -0.3 is 9.88 Å². The highest BCUT2D eigenvalue weighted by molar-refractivity contribution is 9.10. The van der Waals surface area contributed by atoms with Crippen LogP contribution in [0.1, 0.15) is 29.1 Å². The summed E-state index contributed by atoms with van der Waals surface area (Å²) in [5.41, 5.74) is 0.494. The molecular weight excluding hydrogens is 332 g/mol. The summed E-state index contributed by atoms with van der Waals surface area (Å²) >= 11 is 9.23. The Morgan fingerprint density at radius 3 is 2.79 bits per heavy atom. The highest BCUT2D eigenvalue weighted by atomic mass is 79.9. The van der Waals surface area contributed by atoms with Crippen LogP contribution in [-0.2, 0) is 7.05 Å². The summed E-state index contributed by atoms with van der Waals surface area (Å²) in [6.07, 6.45) is 1.59. The summed E-state index contributed by atoms with van der Waals surface area (Å²) in [6.45, 7) is 1.85. The highest BCUT2D eigenvalue weighted by Gasteiger charge is 2.16. The third kappa shape index (κ3) is 3.33. The fourth-order valence-corrected chi connectivity index (χ4v) is 2.57. The van der Waals surface area contributed by atoms with Crippen LogP contribution >= 0.6 is 27.5 Å². The number of nitrogens with one attached hydrogen (secondary N) is 1. The molecule has 0 radical (unpaired) electrons. The molecule has 1 amide bonds. The molecule has 19 heavy (non-hydrogen) atoms. The zero-order chi connectivity index (χ0) is 14.0. The van der Waals surface area contributed by atoms with Gasteiger partial charge in [0.2, 0.25) is 0 Å². The van der Waals surface area contributed by atoms with Gasteiger partial charge in [-0.2, -0.15) is 0 Å². The van der Waals surface area contributed by atoms with E-state index in [9.17, 15) is 4.79 Å². The van der Waals surface area contributed by atoms with Gasteiger partial charge in [0, 0.05) is 22.1 Å². The topological polar surface area (TPSA) is 59.8 Å². The van der Waals surface area contributed by atoms with Crippen LogP contribution in [0.4, 0.5) is 0 Å². The van der Waals surface area contributed by atoms with Crippen molar-refractivity contribution in [3.63, 3.8) is 0 Å². The maximum absolute atomic E-state index is 12.1. The molecule has 1 unspecified atom stereocenters. The first-order chi connectivity index (χ1) is 8.97. The van der Waals surface area contributed by atoms with Crippen molar-refractivity contribution in [3.05, 3.63) is 45.4 Å². The van der Waals surface area contributed by atoms with Crippen LogP contribution in [0.5, 0.6) is 0 Å². The third-order valence-electron chi connectivity index (χ3n) is 2.61. The van der Waals surface area contributed by atoms with E-state index in [0.717, 1.165) is 4.47 Å².